The van der Waals surface area contributed by atoms with Crippen molar-refractivity contribution in [3.8, 4) is 11.5 Å². The zero-order valence-electron chi connectivity index (χ0n) is 16.7. The van der Waals surface area contributed by atoms with Gasteiger partial charge in [0, 0.05) is 0 Å². The van der Waals surface area contributed by atoms with Crippen molar-refractivity contribution in [1.29, 1.82) is 0 Å². The Morgan fingerprint density at radius 1 is 1.21 bits per heavy atom. The third-order valence-electron chi connectivity index (χ3n) is 5.68. The van der Waals surface area contributed by atoms with Gasteiger partial charge in [-0.1, -0.05) is 12.5 Å². The van der Waals surface area contributed by atoms with Gasteiger partial charge in [-0.05, 0) is 50.3 Å². The van der Waals surface area contributed by atoms with Gasteiger partial charge in [0.2, 0.25) is 6.79 Å². The van der Waals surface area contributed by atoms with E-state index in [9.17, 15) is 9.59 Å². The summed E-state index contributed by atoms with van der Waals surface area (Å²) in [5.41, 5.74) is 1.81. The van der Waals surface area contributed by atoms with Crippen LogP contribution in [0.4, 0.5) is 4.79 Å². The molecule has 4 rings (SSSR count). The maximum atomic E-state index is 12.8. The van der Waals surface area contributed by atoms with E-state index in [0.717, 1.165) is 5.56 Å². The normalized spacial score (nSPS) is 21.6. The maximum absolute atomic E-state index is 12.8. The number of hydrogen-bond acceptors (Lipinski definition) is 5. The number of esters is 1. The van der Waals surface area contributed by atoms with E-state index in [-0.39, 0.29) is 19.4 Å². The number of fused-ring (bicyclic) bond motifs is 1. The second-order valence-electron chi connectivity index (χ2n) is 7.59. The third-order valence-corrected chi connectivity index (χ3v) is 5.68. The monoisotopic (exact) mass is 402 g/mol. The molecule has 0 spiro atoms. The van der Waals surface area contributed by atoms with Crippen LogP contribution in [0.5, 0.6) is 11.5 Å². The molecule has 2 aliphatic heterocycles. The zero-order chi connectivity index (χ0) is 20.2. The number of benzene rings is 1. The summed E-state index contributed by atoms with van der Waals surface area (Å²) in [5, 5.41) is 7.93. The molecule has 2 amide bonds. The minimum absolute atomic E-state index is 0.166. The number of urea groups is 1. The van der Waals surface area contributed by atoms with Gasteiger partial charge in [-0.25, -0.2) is 9.59 Å². The molecule has 1 aromatic carbocycles. The van der Waals surface area contributed by atoms with Gasteiger partial charge in [-0.3, -0.25) is 0 Å². The van der Waals surface area contributed by atoms with E-state index in [0.29, 0.717) is 35.4 Å². The van der Waals surface area contributed by atoms with Crippen LogP contribution in [0.3, 0.4) is 0 Å². The summed E-state index contributed by atoms with van der Waals surface area (Å²) in [6.07, 6.45) is 6.09. The lowest BCUT2D eigenvalue weighted by Gasteiger charge is -2.29. The Kier molecular flexibility index (Phi) is 5.89. The third kappa shape index (κ3) is 4.32. The molecule has 0 bridgehead atoms. The number of nitrogens with two attached hydrogens (primary N) is 1. The number of rotatable bonds is 6. The Bertz CT molecular complexity index is 817. The van der Waals surface area contributed by atoms with Crippen LogP contribution in [0.2, 0.25) is 0 Å². The molecule has 1 saturated carbocycles. The highest BCUT2D eigenvalue weighted by atomic mass is 16.7. The molecule has 4 N–H and O–H groups in total. The summed E-state index contributed by atoms with van der Waals surface area (Å²) in [6, 6.07) is 5.03. The van der Waals surface area contributed by atoms with E-state index in [1.807, 2.05) is 6.07 Å². The Balaban J connectivity index is 1.64. The van der Waals surface area contributed by atoms with Crippen molar-refractivity contribution >= 4 is 12.0 Å². The highest BCUT2D eigenvalue weighted by molar-refractivity contribution is 5.95. The number of amides is 2. The van der Waals surface area contributed by atoms with Crippen LogP contribution < -0.4 is 25.4 Å². The van der Waals surface area contributed by atoms with E-state index < -0.39 is 12.0 Å². The molecule has 156 valence electrons. The fourth-order valence-corrected chi connectivity index (χ4v) is 4.23. The maximum Gasteiger partial charge on any atom is 0.338 e. The Labute approximate surface area is 170 Å². The number of nitrogens with one attached hydrogen (secondary N) is 2. The lowest BCUT2D eigenvalue weighted by Crippen LogP contribution is -2.91. The first-order valence-electron chi connectivity index (χ1n) is 10.4. The van der Waals surface area contributed by atoms with Gasteiger partial charge in [0.05, 0.1) is 30.0 Å². The Hall–Kier alpha value is -2.74. The van der Waals surface area contributed by atoms with E-state index in [1.165, 1.54) is 32.1 Å². The number of carbonyl (C=O) groups is 2. The second kappa shape index (κ2) is 8.73. The quantitative estimate of drug-likeness (QED) is 0.626. The van der Waals surface area contributed by atoms with Gasteiger partial charge in [-0.2, -0.15) is 0 Å². The van der Waals surface area contributed by atoms with Crippen LogP contribution in [-0.2, 0) is 9.53 Å². The standard InChI is InChI=1S/C21H27N3O5/c1-2-27-20(25)18-15(11-22-14-6-4-3-5-7-14)23-21(26)24-19(18)13-8-9-16-17(10-13)29-12-28-16/h8-10,14,19,22H,2-7,11-12H2,1H3,(H2,23,24,26)/p+1/t19-/m0/s1. The highest BCUT2D eigenvalue weighted by Gasteiger charge is 2.35. The van der Waals surface area contributed by atoms with Crippen LogP contribution in [-0.4, -0.2) is 38.0 Å². The molecule has 1 fully saturated rings. The van der Waals surface area contributed by atoms with Gasteiger partial charge in [-0.15, -0.1) is 0 Å². The average molecular weight is 402 g/mol. The van der Waals surface area contributed by atoms with Crippen LogP contribution in [0.1, 0.15) is 50.6 Å². The molecule has 0 saturated heterocycles. The van der Waals surface area contributed by atoms with Crippen molar-refractivity contribution in [1.82, 2.24) is 10.6 Å². The van der Waals surface area contributed by atoms with Crippen LogP contribution >= 0.6 is 0 Å². The predicted octanol–water partition coefficient (Wildman–Crippen LogP) is 1.48. The molecule has 1 aromatic rings. The fraction of sp³-hybridized carbons (Fsp3) is 0.524. The predicted molar refractivity (Wildman–Crippen MR) is 104 cm³/mol. The average Bonchev–Trinajstić information content (AvgIpc) is 3.20. The lowest BCUT2D eigenvalue weighted by atomic mass is 9.93. The minimum atomic E-state index is -0.605. The van der Waals surface area contributed by atoms with Crippen LogP contribution in [0.25, 0.3) is 0 Å². The largest absolute Gasteiger partial charge is 0.463 e. The highest BCUT2D eigenvalue weighted by Crippen LogP contribution is 2.37. The Morgan fingerprint density at radius 3 is 2.79 bits per heavy atom. The first kappa shape index (κ1) is 19.6. The molecule has 0 radical (unpaired) electrons. The molecular weight excluding hydrogens is 374 g/mol. The molecule has 8 nitrogen and oxygen atoms in total. The number of quaternary nitrogens is 1. The molecular formula is C21H28N3O5+. The first-order chi connectivity index (χ1) is 14.2. The molecule has 29 heavy (non-hydrogen) atoms. The zero-order valence-corrected chi connectivity index (χ0v) is 16.7. The van der Waals surface area contributed by atoms with Crippen LogP contribution in [0, 0.1) is 0 Å². The summed E-state index contributed by atoms with van der Waals surface area (Å²) in [6.45, 7) is 2.74. The summed E-state index contributed by atoms with van der Waals surface area (Å²) in [4.78, 5) is 25.2. The van der Waals surface area contributed by atoms with Gasteiger partial charge in [0.25, 0.3) is 0 Å². The lowest BCUT2D eigenvalue weighted by molar-refractivity contribution is -0.685. The molecule has 2 heterocycles. The van der Waals surface area contributed by atoms with Gasteiger partial charge >= 0.3 is 12.0 Å². The molecule has 8 heteroatoms. The van der Waals surface area contributed by atoms with Gasteiger partial charge in [0.15, 0.2) is 11.5 Å². The molecule has 0 aromatic heterocycles. The number of ether oxygens (including phenoxy) is 3. The van der Waals surface area contributed by atoms with Crippen molar-refractivity contribution in [3.63, 3.8) is 0 Å². The topological polar surface area (TPSA) is 102 Å². The van der Waals surface area contributed by atoms with Crippen molar-refractivity contribution in [2.45, 2.75) is 51.1 Å². The van der Waals surface area contributed by atoms with Crippen molar-refractivity contribution in [2.24, 2.45) is 0 Å². The summed E-state index contributed by atoms with van der Waals surface area (Å²) in [7, 11) is 0. The number of hydrogen-bond donors (Lipinski definition) is 3. The molecule has 0 unspecified atom stereocenters. The van der Waals surface area contributed by atoms with Crippen molar-refractivity contribution < 1.29 is 29.1 Å². The summed E-state index contributed by atoms with van der Waals surface area (Å²) in [5.74, 6) is 0.838. The van der Waals surface area contributed by atoms with E-state index >= 15 is 0 Å². The smallest absolute Gasteiger partial charge is 0.338 e. The number of carbonyl (C=O) groups excluding carboxylic acids is 2. The molecule has 3 aliphatic rings. The van der Waals surface area contributed by atoms with Gasteiger partial charge < -0.3 is 30.2 Å². The summed E-state index contributed by atoms with van der Waals surface area (Å²) < 4.78 is 16.2. The van der Waals surface area contributed by atoms with E-state index in [1.54, 1.807) is 19.1 Å². The molecule has 1 aliphatic carbocycles. The van der Waals surface area contributed by atoms with E-state index in [2.05, 4.69) is 16.0 Å². The van der Waals surface area contributed by atoms with Crippen LogP contribution in [0.15, 0.2) is 29.5 Å². The Morgan fingerprint density at radius 2 is 2.00 bits per heavy atom. The minimum Gasteiger partial charge on any atom is -0.463 e. The van der Waals surface area contributed by atoms with Gasteiger partial charge in [0.1, 0.15) is 6.54 Å². The fourth-order valence-electron chi connectivity index (χ4n) is 4.23. The van der Waals surface area contributed by atoms with Crippen molar-refractivity contribution in [2.75, 3.05) is 19.9 Å². The molecule has 1 atom stereocenters. The SMILES string of the molecule is CCOC(=O)C1=C(C[NH2+]C2CCCCC2)NC(=O)N[C@H]1c1ccc2c(c1)OCO2. The first-order valence-corrected chi connectivity index (χ1v) is 10.4. The van der Waals surface area contributed by atoms with E-state index in [4.69, 9.17) is 14.2 Å². The summed E-state index contributed by atoms with van der Waals surface area (Å²) >= 11 is 0. The second-order valence-corrected chi connectivity index (χ2v) is 7.59. The van der Waals surface area contributed by atoms with Crippen molar-refractivity contribution in [3.05, 3.63) is 35.0 Å².